The first-order valence-electron chi connectivity index (χ1n) is 5.59. The predicted molar refractivity (Wildman–Crippen MR) is 71.1 cm³/mol. The minimum Gasteiger partial charge on any atom is -0.390 e. The lowest BCUT2D eigenvalue weighted by atomic mass is 10.00. The molecule has 5 heteroatoms. The number of hydrogen-bond acceptors (Lipinski definition) is 3. The van der Waals surface area contributed by atoms with Crippen molar-refractivity contribution in [3.63, 3.8) is 0 Å². The van der Waals surface area contributed by atoms with Crippen LogP contribution >= 0.6 is 15.9 Å². The molecule has 0 aliphatic rings. The first kappa shape index (κ1) is 13.4. The number of rotatable bonds is 4. The summed E-state index contributed by atoms with van der Waals surface area (Å²) in [5.41, 5.74) is 0.630. The molecule has 3 nitrogen and oxygen atoms in total. The first-order valence-corrected chi connectivity index (χ1v) is 6.72. The number of aliphatic hydroxyl groups excluding tert-OH is 2. The van der Waals surface area contributed by atoms with E-state index in [4.69, 9.17) is 0 Å². The van der Waals surface area contributed by atoms with Crippen molar-refractivity contribution in [3.8, 4) is 0 Å². The van der Waals surface area contributed by atoms with Gasteiger partial charge in [0, 0.05) is 28.5 Å². The summed E-state index contributed by atoms with van der Waals surface area (Å²) < 4.78 is 13.8. The van der Waals surface area contributed by atoms with Gasteiger partial charge in [0.15, 0.2) is 0 Å². The molecule has 0 fully saturated rings. The number of pyridine rings is 1. The van der Waals surface area contributed by atoms with Crippen LogP contribution in [0.3, 0.4) is 0 Å². The Bertz CT molecular complexity index is 550. The van der Waals surface area contributed by atoms with E-state index in [1.807, 2.05) is 0 Å². The molecule has 1 aromatic heterocycles. The van der Waals surface area contributed by atoms with E-state index >= 15 is 0 Å². The number of nitrogens with zero attached hydrogens (tertiary/aromatic N) is 1. The van der Waals surface area contributed by atoms with Crippen molar-refractivity contribution in [3.05, 3.63) is 41.8 Å². The summed E-state index contributed by atoms with van der Waals surface area (Å²) in [5, 5.41) is 20.9. The van der Waals surface area contributed by atoms with E-state index in [9.17, 15) is 14.6 Å². The molecule has 2 aromatic rings. The van der Waals surface area contributed by atoms with Crippen LogP contribution in [0.5, 0.6) is 0 Å². The molecule has 1 aromatic carbocycles. The van der Waals surface area contributed by atoms with Crippen molar-refractivity contribution in [1.82, 2.24) is 4.98 Å². The van der Waals surface area contributed by atoms with E-state index in [1.165, 1.54) is 12.1 Å². The summed E-state index contributed by atoms with van der Waals surface area (Å²) >= 11 is 3.17. The highest BCUT2D eigenvalue weighted by Crippen LogP contribution is 2.26. The number of fused-ring (bicyclic) bond motifs is 1. The zero-order valence-corrected chi connectivity index (χ0v) is 11.1. The van der Waals surface area contributed by atoms with Crippen molar-refractivity contribution in [2.45, 2.75) is 18.6 Å². The zero-order valence-electron chi connectivity index (χ0n) is 9.55. The molecule has 2 unspecified atom stereocenters. The van der Waals surface area contributed by atoms with Crippen LogP contribution in [-0.4, -0.2) is 26.6 Å². The Morgan fingerprint density at radius 3 is 2.83 bits per heavy atom. The van der Waals surface area contributed by atoms with Gasteiger partial charge in [-0.15, -0.1) is 0 Å². The van der Waals surface area contributed by atoms with Crippen molar-refractivity contribution in [2.24, 2.45) is 0 Å². The third kappa shape index (κ3) is 2.68. The van der Waals surface area contributed by atoms with Crippen molar-refractivity contribution in [2.75, 3.05) is 5.33 Å². The standard InChI is InChI=1S/C13H13BrFNO2/c14-4-3-12(17)13(18)9-6-8-2-1-5-16-11(8)7-10(9)15/h1-2,5-7,12-13,17-18H,3-4H2. The van der Waals surface area contributed by atoms with Crippen molar-refractivity contribution >= 4 is 26.8 Å². The van der Waals surface area contributed by atoms with E-state index in [0.29, 0.717) is 17.3 Å². The van der Waals surface area contributed by atoms with E-state index < -0.39 is 18.0 Å². The van der Waals surface area contributed by atoms with E-state index in [-0.39, 0.29) is 5.56 Å². The summed E-state index contributed by atoms with van der Waals surface area (Å²) in [7, 11) is 0. The smallest absolute Gasteiger partial charge is 0.131 e. The number of aromatic nitrogens is 1. The van der Waals surface area contributed by atoms with E-state index in [0.717, 1.165) is 5.39 Å². The van der Waals surface area contributed by atoms with Gasteiger partial charge in [-0.05, 0) is 18.6 Å². The summed E-state index contributed by atoms with van der Waals surface area (Å²) in [6.45, 7) is 0. The maximum Gasteiger partial charge on any atom is 0.131 e. The Balaban J connectivity index is 2.41. The molecule has 0 spiro atoms. The Kier molecular flexibility index (Phi) is 4.27. The molecule has 2 rings (SSSR count). The second-order valence-corrected chi connectivity index (χ2v) is 4.85. The molecule has 0 radical (unpaired) electrons. The molecule has 2 atom stereocenters. The molecule has 0 saturated carbocycles. The van der Waals surface area contributed by atoms with E-state index in [1.54, 1.807) is 18.3 Å². The lowest BCUT2D eigenvalue weighted by molar-refractivity contribution is 0.0154. The molecule has 0 amide bonds. The third-order valence-corrected chi connectivity index (χ3v) is 3.27. The number of alkyl halides is 1. The Hall–Kier alpha value is -1.04. The predicted octanol–water partition coefficient (Wildman–Crippen LogP) is 2.55. The van der Waals surface area contributed by atoms with Crippen LogP contribution in [0.2, 0.25) is 0 Å². The van der Waals surface area contributed by atoms with Crippen LogP contribution < -0.4 is 0 Å². The van der Waals surface area contributed by atoms with Gasteiger partial charge in [-0.1, -0.05) is 22.0 Å². The van der Waals surface area contributed by atoms with Gasteiger partial charge in [0.25, 0.3) is 0 Å². The van der Waals surface area contributed by atoms with Gasteiger partial charge in [-0.2, -0.15) is 0 Å². The zero-order chi connectivity index (χ0) is 13.1. The molecule has 0 aliphatic carbocycles. The second kappa shape index (κ2) is 5.73. The molecular weight excluding hydrogens is 301 g/mol. The van der Waals surface area contributed by atoms with Gasteiger partial charge in [0.2, 0.25) is 0 Å². The minimum absolute atomic E-state index is 0.101. The average Bonchev–Trinajstić information content (AvgIpc) is 2.37. The summed E-state index contributed by atoms with van der Waals surface area (Å²) in [4.78, 5) is 4.03. The highest BCUT2D eigenvalue weighted by molar-refractivity contribution is 9.09. The largest absolute Gasteiger partial charge is 0.390 e. The summed E-state index contributed by atoms with van der Waals surface area (Å²) in [5.74, 6) is -0.553. The van der Waals surface area contributed by atoms with Gasteiger partial charge in [0.05, 0.1) is 11.6 Å². The number of halogens is 2. The van der Waals surface area contributed by atoms with Crippen LogP contribution in [0, 0.1) is 5.82 Å². The number of benzene rings is 1. The SMILES string of the molecule is OC(CCBr)C(O)c1cc2cccnc2cc1F. The molecule has 2 N–H and O–H groups in total. The maximum atomic E-state index is 13.8. The molecule has 0 aliphatic heterocycles. The molecular formula is C13H13BrFNO2. The van der Waals surface area contributed by atoms with Crippen molar-refractivity contribution < 1.29 is 14.6 Å². The quantitative estimate of drug-likeness (QED) is 0.853. The fraction of sp³-hybridized carbons (Fsp3) is 0.308. The Morgan fingerprint density at radius 1 is 1.33 bits per heavy atom. The molecule has 96 valence electrons. The lowest BCUT2D eigenvalue weighted by Gasteiger charge is -2.18. The maximum absolute atomic E-state index is 13.8. The van der Waals surface area contributed by atoms with Gasteiger partial charge in [0.1, 0.15) is 11.9 Å². The minimum atomic E-state index is -1.23. The summed E-state index contributed by atoms with van der Waals surface area (Å²) in [6.07, 6.45) is -0.288. The van der Waals surface area contributed by atoms with Crippen LogP contribution in [0.25, 0.3) is 10.9 Å². The molecule has 18 heavy (non-hydrogen) atoms. The Labute approximate surface area is 112 Å². The number of aliphatic hydroxyl groups is 2. The van der Waals surface area contributed by atoms with Gasteiger partial charge >= 0.3 is 0 Å². The van der Waals surface area contributed by atoms with Gasteiger partial charge in [-0.25, -0.2) is 4.39 Å². The van der Waals surface area contributed by atoms with Crippen LogP contribution in [0.4, 0.5) is 4.39 Å². The van der Waals surface area contributed by atoms with E-state index in [2.05, 4.69) is 20.9 Å². The van der Waals surface area contributed by atoms with Gasteiger partial charge < -0.3 is 10.2 Å². The Morgan fingerprint density at radius 2 is 2.11 bits per heavy atom. The average molecular weight is 314 g/mol. The fourth-order valence-electron chi connectivity index (χ4n) is 1.82. The van der Waals surface area contributed by atoms with Crippen LogP contribution in [0.15, 0.2) is 30.5 Å². The lowest BCUT2D eigenvalue weighted by Crippen LogP contribution is -2.19. The molecule has 1 heterocycles. The molecule has 0 saturated heterocycles. The molecule has 0 bridgehead atoms. The second-order valence-electron chi connectivity index (χ2n) is 4.06. The normalized spacial score (nSPS) is 14.7. The van der Waals surface area contributed by atoms with Crippen molar-refractivity contribution in [1.29, 1.82) is 0 Å². The fourth-order valence-corrected chi connectivity index (χ4v) is 2.29. The van der Waals surface area contributed by atoms with Crippen LogP contribution in [0.1, 0.15) is 18.1 Å². The first-order chi connectivity index (χ1) is 8.63. The summed E-state index contributed by atoms with van der Waals surface area (Å²) in [6, 6.07) is 6.33. The van der Waals surface area contributed by atoms with Crippen LogP contribution in [-0.2, 0) is 0 Å². The topological polar surface area (TPSA) is 53.4 Å². The monoisotopic (exact) mass is 313 g/mol. The highest BCUT2D eigenvalue weighted by Gasteiger charge is 2.21. The number of hydrogen-bond donors (Lipinski definition) is 2. The van der Waals surface area contributed by atoms with Gasteiger partial charge in [-0.3, -0.25) is 4.98 Å². The highest BCUT2D eigenvalue weighted by atomic mass is 79.9. The third-order valence-electron chi connectivity index (χ3n) is 2.81.